The third-order valence-electron chi connectivity index (χ3n) is 3.64. The van der Waals surface area contributed by atoms with Crippen LogP contribution in [0.1, 0.15) is 25.3 Å². The van der Waals surface area contributed by atoms with Gasteiger partial charge in [-0.3, -0.25) is 0 Å². The van der Waals surface area contributed by atoms with Crippen LogP contribution in [0.4, 0.5) is 5.69 Å². The van der Waals surface area contributed by atoms with Gasteiger partial charge in [0.15, 0.2) is 0 Å². The third-order valence-corrected chi connectivity index (χ3v) is 3.64. The van der Waals surface area contributed by atoms with Gasteiger partial charge in [0, 0.05) is 24.9 Å². The van der Waals surface area contributed by atoms with Gasteiger partial charge < -0.3 is 14.8 Å². The third kappa shape index (κ3) is 2.25. The molecule has 1 atom stereocenters. The minimum atomic E-state index is -0.0908. The Labute approximate surface area is 102 Å². The van der Waals surface area contributed by atoms with Gasteiger partial charge in [0.25, 0.3) is 0 Å². The molecule has 0 saturated carbocycles. The number of benzene rings is 1. The van der Waals surface area contributed by atoms with E-state index >= 15 is 0 Å². The van der Waals surface area contributed by atoms with E-state index in [2.05, 4.69) is 30.4 Å². The summed E-state index contributed by atoms with van der Waals surface area (Å²) in [4.78, 5) is 0. The number of nitrogens with one attached hydrogen (secondary N) is 1. The predicted molar refractivity (Wildman–Crippen MR) is 67.7 cm³/mol. The smallest absolute Gasteiger partial charge is 0.121 e. The Balaban J connectivity index is 1.65. The summed E-state index contributed by atoms with van der Waals surface area (Å²) in [5.41, 5.74) is 2.52. The van der Waals surface area contributed by atoms with Crippen molar-refractivity contribution in [1.29, 1.82) is 0 Å². The highest BCUT2D eigenvalue weighted by atomic mass is 16.5. The quantitative estimate of drug-likeness (QED) is 0.870. The van der Waals surface area contributed by atoms with E-state index in [0.29, 0.717) is 6.61 Å². The van der Waals surface area contributed by atoms with Crippen LogP contribution >= 0.6 is 0 Å². The number of anilines is 1. The molecule has 0 amide bonds. The average molecular weight is 233 g/mol. The molecule has 0 aliphatic carbocycles. The van der Waals surface area contributed by atoms with Gasteiger partial charge in [-0.2, -0.15) is 0 Å². The van der Waals surface area contributed by atoms with Crippen LogP contribution in [-0.4, -0.2) is 25.4 Å². The summed E-state index contributed by atoms with van der Waals surface area (Å²) in [5, 5.41) is 3.37. The molecular formula is C14H19NO2. The first-order valence-electron chi connectivity index (χ1n) is 6.39. The van der Waals surface area contributed by atoms with Crippen molar-refractivity contribution in [2.24, 2.45) is 0 Å². The van der Waals surface area contributed by atoms with Crippen LogP contribution < -0.4 is 10.1 Å². The van der Waals surface area contributed by atoms with Crippen LogP contribution in [0.25, 0.3) is 0 Å². The number of fused-ring (bicyclic) bond motifs is 1. The zero-order valence-corrected chi connectivity index (χ0v) is 10.3. The second-order valence-electron chi connectivity index (χ2n) is 5.19. The first kappa shape index (κ1) is 10.9. The Bertz CT molecular complexity index is 411. The molecule has 1 saturated heterocycles. The van der Waals surface area contributed by atoms with Crippen LogP contribution in [0, 0.1) is 0 Å². The SMILES string of the molecule is CC1(COc2ccc3c(c2)NCC3)CCCO1. The minimum Gasteiger partial charge on any atom is -0.491 e. The van der Waals surface area contributed by atoms with Gasteiger partial charge in [0.05, 0.1) is 5.60 Å². The molecule has 2 heterocycles. The van der Waals surface area contributed by atoms with Gasteiger partial charge in [-0.25, -0.2) is 0 Å². The number of ether oxygens (including phenoxy) is 2. The van der Waals surface area contributed by atoms with Crippen molar-refractivity contribution in [2.45, 2.75) is 31.8 Å². The fraction of sp³-hybridized carbons (Fsp3) is 0.571. The van der Waals surface area contributed by atoms with E-state index in [0.717, 1.165) is 38.2 Å². The topological polar surface area (TPSA) is 30.5 Å². The molecule has 1 aromatic carbocycles. The van der Waals surface area contributed by atoms with E-state index in [1.165, 1.54) is 11.3 Å². The normalized spacial score (nSPS) is 26.6. The van der Waals surface area contributed by atoms with Crippen LogP contribution in [0.2, 0.25) is 0 Å². The van der Waals surface area contributed by atoms with Crippen molar-refractivity contribution in [2.75, 3.05) is 25.1 Å². The fourth-order valence-corrected chi connectivity index (χ4v) is 2.55. The number of hydrogen-bond acceptors (Lipinski definition) is 3. The Morgan fingerprint density at radius 1 is 1.47 bits per heavy atom. The molecule has 0 radical (unpaired) electrons. The van der Waals surface area contributed by atoms with Crippen LogP contribution in [-0.2, 0) is 11.2 Å². The summed E-state index contributed by atoms with van der Waals surface area (Å²) in [6, 6.07) is 6.31. The molecule has 2 aliphatic rings. The first-order valence-corrected chi connectivity index (χ1v) is 6.39. The molecule has 0 bridgehead atoms. The average Bonchev–Trinajstić information content (AvgIpc) is 2.95. The molecule has 1 aromatic rings. The van der Waals surface area contributed by atoms with E-state index in [9.17, 15) is 0 Å². The molecule has 3 nitrogen and oxygen atoms in total. The predicted octanol–water partition coefficient (Wildman–Crippen LogP) is 2.60. The molecule has 1 fully saturated rings. The maximum atomic E-state index is 5.85. The summed E-state index contributed by atoms with van der Waals surface area (Å²) in [7, 11) is 0. The molecular weight excluding hydrogens is 214 g/mol. The standard InChI is InChI=1S/C14H19NO2/c1-14(6-2-8-17-14)10-16-12-4-3-11-5-7-15-13(11)9-12/h3-4,9,15H,2,5-8,10H2,1H3. The van der Waals surface area contributed by atoms with E-state index < -0.39 is 0 Å². The summed E-state index contributed by atoms with van der Waals surface area (Å²) in [6.07, 6.45) is 3.36. The molecule has 3 rings (SSSR count). The molecule has 0 spiro atoms. The highest BCUT2D eigenvalue weighted by Gasteiger charge is 2.30. The van der Waals surface area contributed by atoms with Crippen LogP contribution in [0.3, 0.4) is 0 Å². The molecule has 0 aromatic heterocycles. The molecule has 2 aliphatic heterocycles. The minimum absolute atomic E-state index is 0.0908. The second-order valence-corrected chi connectivity index (χ2v) is 5.19. The Morgan fingerprint density at radius 2 is 2.41 bits per heavy atom. The monoisotopic (exact) mass is 233 g/mol. The zero-order valence-electron chi connectivity index (χ0n) is 10.3. The van der Waals surface area contributed by atoms with Gasteiger partial charge in [-0.05, 0) is 37.8 Å². The lowest BCUT2D eigenvalue weighted by Crippen LogP contribution is -2.31. The van der Waals surface area contributed by atoms with E-state index in [4.69, 9.17) is 9.47 Å². The van der Waals surface area contributed by atoms with Crippen LogP contribution in [0.5, 0.6) is 5.75 Å². The first-order chi connectivity index (χ1) is 8.25. The largest absolute Gasteiger partial charge is 0.491 e. The Morgan fingerprint density at radius 3 is 3.24 bits per heavy atom. The van der Waals surface area contributed by atoms with Gasteiger partial charge in [0.1, 0.15) is 12.4 Å². The molecule has 1 unspecified atom stereocenters. The molecule has 92 valence electrons. The van der Waals surface area contributed by atoms with Crippen molar-refractivity contribution in [1.82, 2.24) is 0 Å². The molecule has 3 heteroatoms. The lowest BCUT2D eigenvalue weighted by atomic mass is 10.0. The summed E-state index contributed by atoms with van der Waals surface area (Å²) < 4.78 is 11.6. The maximum Gasteiger partial charge on any atom is 0.121 e. The summed E-state index contributed by atoms with van der Waals surface area (Å²) in [6.45, 7) is 4.68. The van der Waals surface area contributed by atoms with Crippen molar-refractivity contribution in [3.63, 3.8) is 0 Å². The van der Waals surface area contributed by atoms with Gasteiger partial charge in [-0.1, -0.05) is 6.07 Å². The van der Waals surface area contributed by atoms with E-state index in [-0.39, 0.29) is 5.60 Å². The lowest BCUT2D eigenvalue weighted by Gasteiger charge is -2.23. The van der Waals surface area contributed by atoms with Crippen molar-refractivity contribution >= 4 is 5.69 Å². The van der Waals surface area contributed by atoms with Gasteiger partial charge in [0.2, 0.25) is 0 Å². The van der Waals surface area contributed by atoms with E-state index in [1.807, 2.05) is 0 Å². The lowest BCUT2D eigenvalue weighted by molar-refractivity contribution is -0.0158. The second kappa shape index (κ2) is 4.22. The Hall–Kier alpha value is -1.22. The van der Waals surface area contributed by atoms with Crippen molar-refractivity contribution in [3.8, 4) is 5.75 Å². The van der Waals surface area contributed by atoms with Gasteiger partial charge >= 0.3 is 0 Å². The summed E-state index contributed by atoms with van der Waals surface area (Å²) in [5.74, 6) is 0.940. The van der Waals surface area contributed by atoms with Gasteiger partial charge in [-0.15, -0.1) is 0 Å². The number of hydrogen-bond donors (Lipinski definition) is 1. The van der Waals surface area contributed by atoms with Crippen LogP contribution in [0.15, 0.2) is 18.2 Å². The fourth-order valence-electron chi connectivity index (χ4n) is 2.55. The zero-order chi connectivity index (χ0) is 11.7. The summed E-state index contributed by atoms with van der Waals surface area (Å²) >= 11 is 0. The highest BCUT2D eigenvalue weighted by molar-refractivity contribution is 5.58. The van der Waals surface area contributed by atoms with Crippen molar-refractivity contribution < 1.29 is 9.47 Å². The molecule has 17 heavy (non-hydrogen) atoms. The molecule has 1 N–H and O–H groups in total. The number of rotatable bonds is 3. The maximum absolute atomic E-state index is 5.85. The Kier molecular flexibility index (Phi) is 2.71. The highest BCUT2D eigenvalue weighted by Crippen LogP contribution is 2.29. The van der Waals surface area contributed by atoms with E-state index in [1.54, 1.807) is 0 Å². The van der Waals surface area contributed by atoms with Crippen molar-refractivity contribution in [3.05, 3.63) is 23.8 Å².